The number of rotatable bonds is 2. The SMILES string of the molecule is CS(=O)(=O)OC(=O)c1cnc2cccnc2c1.O. The van der Waals surface area contributed by atoms with Crippen LogP contribution in [0.25, 0.3) is 11.0 Å². The van der Waals surface area contributed by atoms with Crippen LogP contribution in [-0.4, -0.2) is 36.1 Å². The molecule has 0 aliphatic rings. The summed E-state index contributed by atoms with van der Waals surface area (Å²) in [4.78, 5) is 19.4. The summed E-state index contributed by atoms with van der Waals surface area (Å²) in [6.07, 6.45) is 3.60. The second kappa shape index (κ2) is 5.07. The number of nitrogens with zero attached hydrogens (tertiary/aromatic N) is 2. The van der Waals surface area contributed by atoms with Crippen molar-refractivity contribution in [2.24, 2.45) is 0 Å². The molecule has 0 saturated carbocycles. The molecule has 0 unspecified atom stereocenters. The minimum absolute atomic E-state index is 0. The first-order valence-corrected chi connectivity index (χ1v) is 6.42. The summed E-state index contributed by atoms with van der Waals surface area (Å²) in [7, 11) is -3.82. The van der Waals surface area contributed by atoms with E-state index >= 15 is 0 Å². The van der Waals surface area contributed by atoms with E-state index in [0.717, 1.165) is 6.26 Å². The highest BCUT2D eigenvalue weighted by atomic mass is 32.2. The summed E-state index contributed by atoms with van der Waals surface area (Å²) in [5.41, 5.74) is 1.15. The van der Waals surface area contributed by atoms with E-state index in [2.05, 4.69) is 14.2 Å². The van der Waals surface area contributed by atoms with Crippen LogP contribution in [0.15, 0.2) is 30.6 Å². The fourth-order valence-corrected chi connectivity index (χ4v) is 1.62. The molecule has 0 bridgehead atoms. The summed E-state index contributed by atoms with van der Waals surface area (Å²) in [5, 5.41) is 0. The van der Waals surface area contributed by atoms with Gasteiger partial charge in [-0.05, 0) is 18.2 Å². The fourth-order valence-electron chi connectivity index (χ4n) is 1.25. The van der Waals surface area contributed by atoms with Gasteiger partial charge in [0.05, 0.1) is 22.9 Å². The van der Waals surface area contributed by atoms with E-state index in [1.54, 1.807) is 18.3 Å². The van der Waals surface area contributed by atoms with Crippen LogP contribution in [-0.2, 0) is 14.3 Å². The Morgan fingerprint density at radius 2 is 2.00 bits per heavy atom. The first kappa shape index (κ1) is 14.0. The van der Waals surface area contributed by atoms with E-state index in [-0.39, 0.29) is 11.0 Å². The zero-order chi connectivity index (χ0) is 12.5. The van der Waals surface area contributed by atoms with E-state index in [0.29, 0.717) is 11.0 Å². The van der Waals surface area contributed by atoms with Crippen molar-refractivity contribution in [2.45, 2.75) is 0 Å². The van der Waals surface area contributed by atoms with Gasteiger partial charge >= 0.3 is 16.1 Å². The van der Waals surface area contributed by atoms with Crippen LogP contribution < -0.4 is 0 Å². The third kappa shape index (κ3) is 3.22. The number of aromatic nitrogens is 2. The molecule has 8 heteroatoms. The van der Waals surface area contributed by atoms with Gasteiger partial charge in [-0.1, -0.05) is 0 Å². The largest absolute Gasteiger partial charge is 0.412 e. The Morgan fingerprint density at radius 3 is 2.67 bits per heavy atom. The molecule has 2 aromatic heterocycles. The molecule has 0 spiro atoms. The van der Waals surface area contributed by atoms with Gasteiger partial charge in [-0.25, -0.2) is 4.79 Å². The molecular weight excluding hydrogens is 260 g/mol. The zero-order valence-electron chi connectivity index (χ0n) is 9.32. The van der Waals surface area contributed by atoms with E-state index in [9.17, 15) is 13.2 Å². The maximum absolute atomic E-state index is 11.4. The number of hydrogen-bond donors (Lipinski definition) is 0. The Bertz CT molecular complexity index is 683. The molecule has 18 heavy (non-hydrogen) atoms. The molecule has 0 amide bonds. The first-order chi connectivity index (χ1) is 7.96. The normalized spacial score (nSPS) is 10.7. The molecule has 7 nitrogen and oxygen atoms in total. The van der Waals surface area contributed by atoms with Gasteiger partial charge in [0.15, 0.2) is 0 Å². The molecule has 2 heterocycles. The molecule has 96 valence electrons. The standard InChI is InChI=1S/C10H8N2O4S.H2O/c1-17(14,15)16-10(13)7-5-9-8(12-6-7)3-2-4-11-9;/h2-6H,1H3;1H2. The fraction of sp³-hybridized carbons (Fsp3) is 0.100. The minimum Gasteiger partial charge on any atom is -0.412 e. The topological polar surface area (TPSA) is 118 Å². The van der Waals surface area contributed by atoms with Gasteiger partial charge in [0.2, 0.25) is 0 Å². The second-order valence-corrected chi connectivity index (χ2v) is 4.92. The lowest BCUT2D eigenvalue weighted by Crippen LogP contribution is -2.11. The smallest absolute Gasteiger partial charge is 0.355 e. The molecule has 0 aliphatic carbocycles. The summed E-state index contributed by atoms with van der Waals surface area (Å²) in [6.45, 7) is 0. The van der Waals surface area contributed by atoms with Crippen LogP contribution in [0.2, 0.25) is 0 Å². The number of pyridine rings is 2. The van der Waals surface area contributed by atoms with Crippen molar-refractivity contribution in [1.82, 2.24) is 9.97 Å². The van der Waals surface area contributed by atoms with Crippen LogP contribution >= 0.6 is 0 Å². The molecule has 2 aromatic rings. The number of fused-ring (bicyclic) bond motifs is 1. The Kier molecular flexibility index (Phi) is 3.94. The van der Waals surface area contributed by atoms with Crippen LogP contribution in [0.3, 0.4) is 0 Å². The molecule has 0 aliphatic heterocycles. The van der Waals surface area contributed by atoms with Gasteiger partial charge in [-0.15, -0.1) is 0 Å². The van der Waals surface area contributed by atoms with Gasteiger partial charge in [0.25, 0.3) is 0 Å². The Balaban J connectivity index is 0.00000162. The van der Waals surface area contributed by atoms with Gasteiger partial charge < -0.3 is 9.66 Å². The van der Waals surface area contributed by atoms with Crippen molar-refractivity contribution in [1.29, 1.82) is 0 Å². The average molecular weight is 270 g/mol. The van der Waals surface area contributed by atoms with Crippen molar-refractivity contribution < 1.29 is 22.9 Å². The second-order valence-electron chi connectivity index (χ2n) is 3.34. The maximum Gasteiger partial charge on any atom is 0.355 e. The Morgan fingerprint density at radius 1 is 1.28 bits per heavy atom. The summed E-state index contributed by atoms with van der Waals surface area (Å²) in [6, 6.07) is 4.87. The van der Waals surface area contributed by atoms with Crippen LogP contribution in [0, 0.1) is 0 Å². The van der Waals surface area contributed by atoms with E-state index < -0.39 is 16.1 Å². The van der Waals surface area contributed by atoms with Crippen molar-refractivity contribution in [3.63, 3.8) is 0 Å². The number of carbonyl (C=O) groups is 1. The highest BCUT2D eigenvalue weighted by molar-refractivity contribution is 7.86. The molecule has 0 saturated heterocycles. The van der Waals surface area contributed by atoms with Crippen molar-refractivity contribution in [2.75, 3.05) is 6.26 Å². The van der Waals surface area contributed by atoms with Gasteiger partial charge in [0.1, 0.15) is 0 Å². The summed E-state index contributed by atoms with van der Waals surface area (Å²) in [5.74, 6) is -0.965. The van der Waals surface area contributed by atoms with E-state index in [1.807, 2.05) is 0 Å². The lowest BCUT2D eigenvalue weighted by Gasteiger charge is -2.02. The quantitative estimate of drug-likeness (QED) is 0.704. The highest BCUT2D eigenvalue weighted by Crippen LogP contribution is 2.11. The van der Waals surface area contributed by atoms with Crippen LogP contribution in [0.5, 0.6) is 0 Å². The van der Waals surface area contributed by atoms with Gasteiger partial charge in [-0.3, -0.25) is 9.97 Å². The molecule has 0 atom stereocenters. The van der Waals surface area contributed by atoms with Crippen molar-refractivity contribution >= 4 is 27.1 Å². The zero-order valence-corrected chi connectivity index (χ0v) is 10.1. The third-order valence-electron chi connectivity index (χ3n) is 1.91. The highest BCUT2D eigenvalue weighted by Gasteiger charge is 2.14. The van der Waals surface area contributed by atoms with Crippen molar-refractivity contribution in [3.8, 4) is 0 Å². The molecule has 2 N–H and O–H groups in total. The van der Waals surface area contributed by atoms with Crippen molar-refractivity contribution in [3.05, 3.63) is 36.2 Å². The predicted molar refractivity (Wildman–Crippen MR) is 63.4 cm³/mol. The third-order valence-corrected chi connectivity index (χ3v) is 2.37. The van der Waals surface area contributed by atoms with Crippen LogP contribution in [0.1, 0.15) is 10.4 Å². The number of carbonyl (C=O) groups excluding carboxylic acids is 1. The monoisotopic (exact) mass is 270 g/mol. The number of hydrogen-bond acceptors (Lipinski definition) is 6. The summed E-state index contributed by atoms with van der Waals surface area (Å²) >= 11 is 0. The van der Waals surface area contributed by atoms with E-state index in [4.69, 9.17) is 0 Å². The predicted octanol–water partition coefficient (Wildman–Crippen LogP) is -0.0785. The molecule has 0 aromatic carbocycles. The van der Waals surface area contributed by atoms with Crippen LogP contribution in [0.4, 0.5) is 0 Å². The molecule has 0 radical (unpaired) electrons. The average Bonchev–Trinajstić information content (AvgIpc) is 2.26. The minimum atomic E-state index is -3.82. The maximum atomic E-state index is 11.4. The van der Waals surface area contributed by atoms with Gasteiger partial charge in [-0.2, -0.15) is 8.42 Å². The lowest BCUT2D eigenvalue weighted by molar-refractivity contribution is 0.0748. The molecule has 2 rings (SSSR count). The first-order valence-electron chi connectivity index (χ1n) is 4.60. The summed E-state index contributed by atoms with van der Waals surface area (Å²) < 4.78 is 25.8. The Hall–Kier alpha value is -2.06. The van der Waals surface area contributed by atoms with Gasteiger partial charge in [0, 0.05) is 12.4 Å². The molecule has 0 fully saturated rings. The molecular formula is C10H10N2O5S. The Labute approximate surface area is 103 Å². The van der Waals surface area contributed by atoms with E-state index in [1.165, 1.54) is 12.3 Å². The lowest BCUT2D eigenvalue weighted by atomic mass is 10.2.